The van der Waals surface area contributed by atoms with E-state index in [2.05, 4.69) is 0 Å². The van der Waals surface area contributed by atoms with Crippen LogP contribution < -0.4 is 5.56 Å². The number of aromatic nitrogens is 1. The van der Waals surface area contributed by atoms with Crippen LogP contribution in [-0.2, 0) is 11.3 Å². The molecule has 17 heavy (non-hydrogen) atoms. The average Bonchev–Trinajstić information content (AvgIpc) is 2.26. The van der Waals surface area contributed by atoms with Gasteiger partial charge in [-0.3, -0.25) is 9.59 Å². The molecule has 0 saturated carbocycles. The molecule has 0 fully saturated rings. The quantitative estimate of drug-likeness (QED) is 0.771. The maximum absolute atomic E-state index is 11.4. The predicted molar refractivity (Wildman–Crippen MR) is 66.0 cm³/mol. The van der Waals surface area contributed by atoms with E-state index in [-0.39, 0.29) is 5.56 Å². The van der Waals surface area contributed by atoms with Gasteiger partial charge in [0.25, 0.3) is 0 Å². The lowest BCUT2D eigenvalue weighted by atomic mass is 9.87. The molecule has 0 spiro atoms. The second-order valence-corrected chi connectivity index (χ2v) is 4.88. The van der Waals surface area contributed by atoms with Crippen molar-refractivity contribution in [3.63, 3.8) is 0 Å². The Morgan fingerprint density at radius 3 is 2.65 bits per heavy atom. The van der Waals surface area contributed by atoms with Crippen molar-refractivity contribution in [1.29, 1.82) is 0 Å². The van der Waals surface area contributed by atoms with Gasteiger partial charge in [0.2, 0.25) is 5.56 Å². The molecule has 0 bridgehead atoms. The molecule has 0 aliphatic rings. The number of unbranched alkanes of at least 4 members (excludes halogenated alkanes) is 1. The lowest BCUT2D eigenvalue weighted by Gasteiger charge is -2.18. The Kier molecular flexibility index (Phi) is 4.49. The van der Waals surface area contributed by atoms with Crippen molar-refractivity contribution in [1.82, 2.24) is 4.57 Å². The van der Waals surface area contributed by atoms with Gasteiger partial charge in [0.15, 0.2) is 0 Å². The first-order chi connectivity index (χ1) is 7.93. The maximum Gasteiger partial charge on any atom is 0.309 e. The number of hydrogen-bond acceptors (Lipinski definition) is 2. The van der Waals surface area contributed by atoms with Gasteiger partial charge >= 0.3 is 5.97 Å². The zero-order valence-corrected chi connectivity index (χ0v) is 10.3. The van der Waals surface area contributed by atoms with E-state index >= 15 is 0 Å². The van der Waals surface area contributed by atoms with Crippen LogP contribution in [0, 0.1) is 5.41 Å². The third-order valence-electron chi connectivity index (χ3n) is 2.93. The fourth-order valence-corrected chi connectivity index (χ4v) is 1.60. The van der Waals surface area contributed by atoms with Gasteiger partial charge in [-0.25, -0.2) is 0 Å². The summed E-state index contributed by atoms with van der Waals surface area (Å²) in [6.07, 6.45) is 4.01. The topological polar surface area (TPSA) is 59.3 Å². The molecule has 0 aromatic carbocycles. The van der Waals surface area contributed by atoms with E-state index in [1.165, 1.54) is 6.07 Å². The summed E-state index contributed by atoms with van der Waals surface area (Å²) in [7, 11) is 0. The van der Waals surface area contributed by atoms with Crippen LogP contribution in [0.25, 0.3) is 0 Å². The number of nitrogens with zero attached hydrogens (tertiary/aromatic N) is 1. The molecule has 4 nitrogen and oxygen atoms in total. The number of aliphatic carboxylic acids is 1. The maximum atomic E-state index is 11.4. The third-order valence-corrected chi connectivity index (χ3v) is 2.93. The van der Waals surface area contributed by atoms with Crippen molar-refractivity contribution in [2.75, 3.05) is 0 Å². The van der Waals surface area contributed by atoms with Crippen LogP contribution in [0.4, 0.5) is 0 Å². The summed E-state index contributed by atoms with van der Waals surface area (Å²) in [5.41, 5.74) is -0.688. The van der Waals surface area contributed by atoms with Crippen LogP contribution in [0.3, 0.4) is 0 Å². The molecule has 1 aromatic heterocycles. The average molecular weight is 237 g/mol. The molecule has 0 atom stereocenters. The van der Waals surface area contributed by atoms with Crippen molar-refractivity contribution < 1.29 is 9.90 Å². The van der Waals surface area contributed by atoms with Gasteiger partial charge in [-0.05, 0) is 32.8 Å². The normalized spacial score (nSPS) is 11.4. The van der Waals surface area contributed by atoms with Crippen LogP contribution in [-0.4, -0.2) is 15.6 Å². The summed E-state index contributed by atoms with van der Waals surface area (Å²) >= 11 is 0. The Morgan fingerprint density at radius 1 is 1.35 bits per heavy atom. The minimum atomic E-state index is -0.769. The van der Waals surface area contributed by atoms with Gasteiger partial charge in [0.05, 0.1) is 5.41 Å². The van der Waals surface area contributed by atoms with Crippen molar-refractivity contribution in [2.24, 2.45) is 5.41 Å². The third kappa shape index (κ3) is 4.06. The van der Waals surface area contributed by atoms with Crippen molar-refractivity contribution >= 4 is 5.97 Å². The second-order valence-electron chi connectivity index (χ2n) is 4.88. The van der Waals surface area contributed by atoms with Gasteiger partial charge < -0.3 is 9.67 Å². The SMILES string of the molecule is CC(C)(CCCCn1ccccc1=O)C(=O)O. The summed E-state index contributed by atoms with van der Waals surface area (Å²) in [5.74, 6) is -0.769. The Morgan fingerprint density at radius 2 is 2.06 bits per heavy atom. The number of pyridine rings is 1. The number of carbonyl (C=O) groups is 1. The van der Waals surface area contributed by atoms with Crippen LogP contribution in [0.15, 0.2) is 29.2 Å². The molecule has 0 unspecified atom stereocenters. The predicted octanol–water partition coefficient (Wildman–Crippen LogP) is 2.13. The summed E-state index contributed by atoms with van der Waals surface area (Å²) in [6.45, 7) is 4.10. The first-order valence-corrected chi connectivity index (χ1v) is 5.82. The Bertz CT molecular complexity index is 434. The molecule has 0 radical (unpaired) electrons. The van der Waals surface area contributed by atoms with Crippen LogP contribution in [0.5, 0.6) is 0 Å². The number of rotatable bonds is 6. The Labute approximate surface area is 101 Å². The smallest absolute Gasteiger partial charge is 0.309 e. The van der Waals surface area contributed by atoms with Crippen molar-refractivity contribution in [3.8, 4) is 0 Å². The van der Waals surface area contributed by atoms with E-state index in [4.69, 9.17) is 5.11 Å². The van der Waals surface area contributed by atoms with Crippen LogP contribution >= 0.6 is 0 Å². The standard InChI is InChI=1S/C13H19NO3/c1-13(2,12(16)17)8-4-6-10-14-9-5-3-7-11(14)15/h3,5,7,9H,4,6,8,10H2,1-2H3,(H,16,17). The summed E-state index contributed by atoms with van der Waals surface area (Å²) in [6, 6.07) is 5.07. The van der Waals surface area contributed by atoms with E-state index in [1.54, 1.807) is 30.7 Å². The zero-order chi connectivity index (χ0) is 12.9. The fourth-order valence-electron chi connectivity index (χ4n) is 1.60. The molecule has 0 aliphatic heterocycles. The van der Waals surface area contributed by atoms with E-state index in [9.17, 15) is 9.59 Å². The highest BCUT2D eigenvalue weighted by Gasteiger charge is 2.25. The number of carboxylic acid groups (broad SMARTS) is 1. The molecule has 0 aliphatic carbocycles. The summed E-state index contributed by atoms with van der Waals surface area (Å²) in [4.78, 5) is 22.3. The largest absolute Gasteiger partial charge is 0.481 e. The van der Waals surface area contributed by atoms with Crippen molar-refractivity contribution in [2.45, 2.75) is 39.7 Å². The van der Waals surface area contributed by atoms with E-state index in [0.29, 0.717) is 13.0 Å². The molecule has 1 aromatic rings. The molecule has 1 heterocycles. The highest BCUT2D eigenvalue weighted by molar-refractivity contribution is 5.73. The lowest BCUT2D eigenvalue weighted by molar-refractivity contribution is -0.147. The van der Waals surface area contributed by atoms with E-state index in [1.807, 2.05) is 6.07 Å². The summed E-state index contributed by atoms with van der Waals surface area (Å²) < 4.78 is 1.65. The first-order valence-electron chi connectivity index (χ1n) is 5.82. The minimum Gasteiger partial charge on any atom is -0.481 e. The van der Waals surface area contributed by atoms with Crippen LogP contribution in [0.2, 0.25) is 0 Å². The van der Waals surface area contributed by atoms with Crippen molar-refractivity contribution in [3.05, 3.63) is 34.7 Å². The Hall–Kier alpha value is -1.58. The number of carboxylic acids is 1. The molecule has 1 rings (SSSR count). The second kappa shape index (κ2) is 5.66. The number of aryl methyl sites for hydroxylation is 1. The zero-order valence-electron chi connectivity index (χ0n) is 10.3. The minimum absolute atomic E-state index is 0.00926. The lowest BCUT2D eigenvalue weighted by Crippen LogP contribution is -2.24. The molecular weight excluding hydrogens is 218 g/mol. The number of hydrogen-bond donors (Lipinski definition) is 1. The molecule has 1 N–H and O–H groups in total. The van der Waals surface area contributed by atoms with Gasteiger partial charge in [0.1, 0.15) is 0 Å². The van der Waals surface area contributed by atoms with Gasteiger partial charge in [-0.15, -0.1) is 0 Å². The molecule has 94 valence electrons. The molecule has 4 heteroatoms. The molecular formula is C13H19NO3. The molecule has 0 amide bonds. The highest BCUT2D eigenvalue weighted by atomic mass is 16.4. The monoisotopic (exact) mass is 237 g/mol. The fraction of sp³-hybridized carbons (Fsp3) is 0.538. The van der Waals surface area contributed by atoms with Crippen LogP contribution in [0.1, 0.15) is 33.1 Å². The Balaban J connectivity index is 2.37. The highest BCUT2D eigenvalue weighted by Crippen LogP contribution is 2.23. The summed E-state index contributed by atoms with van der Waals surface area (Å²) in [5, 5.41) is 8.95. The van der Waals surface area contributed by atoms with Gasteiger partial charge in [-0.2, -0.15) is 0 Å². The van der Waals surface area contributed by atoms with E-state index in [0.717, 1.165) is 12.8 Å². The van der Waals surface area contributed by atoms with E-state index < -0.39 is 11.4 Å². The first kappa shape index (κ1) is 13.5. The van der Waals surface area contributed by atoms with Gasteiger partial charge in [-0.1, -0.05) is 12.5 Å². The molecule has 0 saturated heterocycles. The van der Waals surface area contributed by atoms with Gasteiger partial charge in [0, 0.05) is 18.8 Å².